The molecule has 0 bridgehead atoms. The Morgan fingerprint density at radius 1 is 1.15 bits per heavy atom. The highest BCUT2D eigenvalue weighted by atomic mass is 35.5. The Morgan fingerprint density at radius 2 is 1.89 bits per heavy atom. The molecule has 0 atom stereocenters. The SMILES string of the molecule is COc1ccc(C=C2N=C(c3cc([N+](=O)[O-])ccc3Cl)OC2=O)cc1OC. The fourth-order valence-corrected chi connectivity index (χ4v) is 2.61. The molecule has 9 heteroatoms. The molecule has 0 N–H and O–H groups in total. The molecule has 2 aromatic rings. The number of esters is 1. The monoisotopic (exact) mass is 388 g/mol. The number of nitro benzene ring substituents is 1. The Morgan fingerprint density at radius 3 is 2.56 bits per heavy atom. The minimum atomic E-state index is -0.692. The lowest BCUT2D eigenvalue weighted by molar-refractivity contribution is -0.384. The van der Waals surface area contributed by atoms with E-state index in [1.807, 2.05) is 0 Å². The number of cyclic esters (lactones) is 1. The van der Waals surface area contributed by atoms with Crippen molar-refractivity contribution in [2.24, 2.45) is 4.99 Å². The molecule has 0 saturated carbocycles. The van der Waals surface area contributed by atoms with Gasteiger partial charge in [0.05, 0.1) is 29.7 Å². The molecule has 1 aliphatic heterocycles. The molecule has 0 aliphatic carbocycles. The molecule has 138 valence electrons. The number of hydrogen-bond donors (Lipinski definition) is 0. The summed E-state index contributed by atoms with van der Waals surface area (Å²) in [4.78, 5) is 26.6. The van der Waals surface area contributed by atoms with E-state index in [0.29, 0.717) is 17.1 Å². The minimum absolute atomic E-state index is 0.0276. The van der Waals surface area contributed by atoms with Gasteiger partial charge in [-0.05, 0) is 29.8 Å². The van der Waals surface area contributed by atoms with E-state index in [4.69, 9.17) is 25.8 Å². The summed E-state index contributed by atoms with van der Waals surface area (Å²) in [5.74, 6) is 0.244. The minimum Gasteiger partial charge on any atom is -0.493 e. The topological polar surface area (TPSA) is 100 Å². The number of carbonyl (C=O) groups is 1. The highest BCUT2D eigenvalue weighted by molar-refractivity contribution is 6.34. The highest BCUT2D eigenvalue weighted by Crippen LogP contribution is 2.30. The number of rotatable bonds is 5. The van der Waals surface area contributed by atoms with Crippen LogP contribution in [0.25, 0.3) is 6.08 Å². The first kappa shape index (κ1) is 18.4. The van der Waals surface area contributed by atoms with Crippen LogP contribution in [0.4, 0.5) is 5.69 Å². The Labute approximate surface area is 158 Å². The Kier molecular flexibility index (Phi) is 5.09. The molecule has 1 heterocycles. The van der Waals surface area contributed by atoms with Gasteiger partial charge in [0.1, 0.15) is 0 Å². The van der Waals surface area contributed by atoms with E-state index in [0.717, 1.165) is 0 Å². The fraction of sp³-hybridized carbons (Fsp3) is 0.111. The smallest absolute Gasteiger partial charge is 0.363 e. The molecule has 0 aromatic heterocycles. The van der Waals surface area contributed by atoms with Crippen LogP contribution >= 0.6 is 11.6 Å². The molecule has 2 aromatic carbocycles. The maximum Gasteiger partial charge on any atom is 0.363 e. The number of nitrogens with zero attached hydrogens (tertiary/aromatic N) is 2. The predicted octanol–water partition coefficient (Wildman–Crippen LogP) is 3.61. The summed E-state index contributed by atoms with van der Waals surface area (Å²) < 4.78 is 15.5. The van der Waals surface area contributed by atoms with Gasteiger partial charge in [-0.2, -0.15) is 0 Å². The zero-order valence-electron chi connectivity index (χ0n) is 14.3. The van der Waals surface area contributed by atoms with E-state index in [1.165, 1.54) is 38.5 Å². The summed E-state index contributed by atoms with van der Waals surface area (Å²) in [7, 11) is 3.02. The van der Waals surface area contributed by atoms with Crippen molar-refractivity contribution in [1.82, 2.24) is 0 Å². The average Bonchev–Trinajstić information content (AvgIpc) is 3.02. The van der Waals surface area contributed by atoms with Crippen LogP contribution in [0.1, 0.15) is 11.1 Å². The van der Waals surface area contributed by atoms with E-state index in [1.54, 1.807) is 18.2 Å². The molecule has 0 unspecified atom stereocenters. The summed E-state index contributed by atoms with van der Waals surface area (Å²) in [5.41, 5.74) is 0.634. The Balaban J connectivity index is 1.99. The van der Waals surface area contributed by atoms with Crippen LogP contribution in [0.2, 0.25) is 5.02 Å². The van der Waals surface area contributed by atoms with E-state index in [-0.39, 0.29) is 27.9 Å². The van der Waals surface area contributed by atoms with E-state index < -0.39 is 10.9 Å². The first-order valence-corrected chi connectivity index (χ1v) is 7.99. The van der Waals surface area contributed by atoms with Gasteiger partial charge in [0.25, 0.3) is 5.69 Å². The second-order valence-electron chi connectivity index (χ2n) is 5.37. The molecule has 3 rings (SSSR count). The van der Waals surface area contributed by atoms with Crippen LogP contribution in [-0.4, -0.2) is 31.0 Å². The standard InChI is InChI=1S/C18H13ClN2O6/c1-25-15-6-3-10(8-16(15)26-2)7-14-18(22)27-17(20-14)12-9-11(21(23)24)4-5-13(12)19/h3-9H,1-2H3. The van der Waals surface area contributed by atoms with Crippen LogP contribution in [-0.2, 0) is 9.53 Å². The molecule has 27 heavy (non-hydrogen) atoms. The van der Waals surface area contributed by atoms with Crippen LogP contribution in [0.3, 0.4) is 0 Å². The summed E-state index contributed by atoms with van der Waals surface area (Å²) in [6.07, 6.45) is 1.50. The first-order valence-electron chi connectivity index (χ1n) is 7.62. The van der Waals surface area contributed by atoms with E-state index in [9.17, 15) is 14.9 Å². The van der Waals surface area contributed by atoms with Crippen molar-refractivity contribution in [2.45, 2.75) is 0 Å². The molecule has 1 aliphatic rings. The van der Waals surface area contributed by atoms with Gasteiger partial charge in [-0.3, -0.25) is 10.1 Å². The van der Waals surface area contributed by atoms with E-state index >= 15 is 0 Å². The number of nitro groups is 1. The van der Waals surface area contributed by atoms with Gasteiger partial charge in [0, 0.05) is 12.1 Å². The maximum atomic E-state index is 12.1. The number of carbonyl (C=O) groups excluding carboxylic acids is 1. The summed E-state index contributed by atoms with van der Waals surface area (Å²) in [6.45, 7) is 0. The molecular weight excluding hydrogens is 376 g/mol. The lowest BCUT2D eigenvalue weighted by Crippen LogP contribution is -2.06. The van der Waals surface area contributed by atoms with Gasteiger partial charge in [-0.25, -0.2) is 9.79 Å². The molecular formula is C18H13ClN2O6. The summed E-state index contributed by atoms with van der Waals surface area (Å²) >= 11 is 6.06. The van der Waals surface area contributed by atoms with Gasteiger partial charge >= 0.3 is 5.97 Å². The van der Waals surface area contributed by atoms with Crippen molar-refractivity contribution in [3.05, 3.63) is 68.4 Å². The van der Waals surface area contributed by atoms with Gasteiger partial charge < -0.3 is 14.2 Å². The van der Waals surface area contributed by atoms with E-state index in [2.05, 4.69) is 4.99 Å². The second-order valence-corrected chi connectivity index (χ2v) is 5.78. The van der Waals surface area contributed by atoms with Gasteiger partial charge in [0.2, 0.25) is 5.90 Å². The molecule has 0 fully saturated rings. The van der Waals surface area contributed by atoms with Crippen LogP contribution in [0.15, 0.2) is 47.1 Å². The van der Waals surface area contributed by atoms with Gasteiger partial charge in [0.15, 0.2) is 17.2 Å². The quantitative estimate of drug-likeness (QED) is 0.335. The average molecular weight is 389 g/mol. The number of methoxy groups -OCH3 is 2. The third-order valence-corrected chi connectivity index (χ3v) is 4.05. The number of ether oxygens (including phenoxy) is 3. The van der Waals surface area contributed by atoms with Crippen molar-refractivity contribution < 1.29 is 23.9 Å². The van der Waals surface area contributed by atoms with Crippen molar-refractivity contribution in [3.63, 3.8) is 0 Å². The number of benzene rings is 2. The molecule has 0 amide bonds. The number of halogens is 1. The fourth-order valence-electron chi connectivity index (χ4n) is 2.42. The van der Waals surface area contributed by atoms with Crippen molar-refractivity contribution in [2.75, 3.05) is 14.2 Å². The van der Waals surface area contributed by atoms with Crippen LogP contribution in [0.5, 0.6) is 11.5 Å². The summed E-state index contributed by atoms with van der Waals surface area (Å²) in [5, 5.41) is 11.1. The van der Waals surface area contributed by atoms with Crippen molar-refractivity contribution in [1.29, 1.82) is 0 Å². The zero-order valence-corrected chi connectivity index (χ0v) is 15.0. The second kappa shape index (κ2) is 7.46. The third kappa shape index (κ3) is 3.75. The Hall–Kier alpha value is -3.39. The number of hydrogen-bond acceptors (Lipinski definition) is 7. The molecule has 0 spiro atoms. The van der Waals surface area contributed by atoms with Crippen molar-refractivity contribution >= 4 is 35.2 Å². The van der Waals surface area contributed by atoms with Gasteiger partial charge in [-0.1, -0.05) is 17.7 Å². The predicted molar refractivity (Wildman–Crippen MR) is 98.3 cm³/mol. The normalized spacial score (nSPS) is 14.7. The number of aliphatic imine (C=N–C) groups is 1. The summed E-state index contributed by atoms with van der Waals surface area (Å²) in [6, 6.07) is 8.88. The van der Waals surface area contributed by atoms with Gasteiger partial charge in [-0.15, -0.1) is 0 Å². The van der Waals surface area contributed by atoms with Crippen molar-refractivity contribution in [3.8, 4) is 11.5 Å². The largest absolute Gasteiger partial charge is 0.493 e. The lowest BCUT2D eigenvalue weighted by Gasteiger charge is -2.07. The highest BCUT2D eigenvalue weighted by Gasteiger charge is 2.27. The maximum absolute atomic E-state index is 12.1. The van der Waals surface area contributed by atoms with Crippen LogP contribution < -0.4 is 9.47 Å². The first-order chi connectivity index (χ1) is 12.9. The Bertz CT molecular complexity index is 999. The molecule has 8 nitrogen and oxygen atoms in total. The molecule has 0 saturated heterocycles. The lowest BCUT2D eigenvalue weighted by atomic mass is 10.1. The number of non-ortho nitro benzene ring substituents is 1. The van der Waals surface area contributed by atoms with Crippen LogP contribution in [0, 0.1) is 10.1 Å². The zero-order chi connectivity index (χ0) is 19.6. The molecule has 0 radical (unpaired) electrons. The third-order valence-electron chi connectivity index (χ3n) is 3.72.